The summed E-state index contributed by atoms with van der Waals surface area (Å²) >= 11 is 0. The van der Waals surface area contributed by atoms with Crippen molar-refractivity contribution in [1.29, 1.82) is 0 Å². The van der Waals surface area contributed by atoms with E-state index in [0.29, 0.717) is 38.8 Å². The molecule has 3 amide bonds. The second-order valence-corrected chi connectivity index (χ2v) is 10.3. The number of rotatable bonds is 7. The zero-order valence-electron chi connectivity index (χ0n) is 21.9. The van der Waals surface area contributed by atoms with Crippen LogP contribution in [0.1, 0.15) is 29.5 Å². The number of para-hydroxylation sites is 1. The Morgan fingerprint density at radius 2 is 1.68 bits per heavy atom. The molecule has 1 fully saturated rings. The average Bonchev–Trinajstić information content (AvgIpc) is 3.36. The third-order valence-corrected chi connectivity index (χ3v) is 7.55. The van der Waals surface area contributed by atoms with E-state index in [-0.39, 0.29) is 18.1 Å². The molecule has 1 aliphatic rings. The van der Waals surface area contributed by atoms with Gasteiger partial charge in [-0.25, -0.2) is 4.79 Å². The molecule has 9 heteroatoms. The summed E-state index contributed by atoms with van der Waals surface area (Å²) in [6.07, 6.45) is -0.112. The topological polar surface area (TPSA) is 77.2 Å². The highest BCUT2D eigenvalue weighted by Crippen LogP contribution is 2.35. The molecule has 5 rings (SSSR count). The lowest BCUT2D eigenvalue weighted by Gasteiger charge is -2.42. The molecule has 0 spiro atoms. The summed E-state index contributed by atoms with van der Waals surface area (Å²) in [5, 5.41) is 6.95. The number of likely N-dealkylation sites (tertiary alicyclic amines) is 1. The zero-order valence-corrected chi connectivity index (χ0v) is 21.9. The maximum atomic E-state index is 13.8. The zero-order chi connectivity index (χ0) is 28.2. The number of aromatic amines is 1. The fraction of sp³-hybridized carbons (Fsp3) is 0.290. The number of hydrogen-bond acceptors (Lipinski definition) is 2. The van der Waals surface area contributed by atoms with E-state index in [0.717, 1.165) is 34.2 Å². The largest absolute Gasteiger partial charge is 0.416 e. The lowest BCUT2D eigenvalue weighted by Crippen LogP contribution is -2.55. The number of nitrogens with zero attached hydrogens (tertiary/aromatic N) is 1. The second kappa shape index (κ2) is 11.5. The number of carbonyl (C=O) groups excluding carboxylic acids is 2. The number of hydrogen-bond donors (Lipinski definition) is 3. The van der Waals surface area contributed by atoms with Crippen LogP contribution in [-0.4, -0.2) is 41.5 Å². The van der Waals surface area contributed by atoms with Crippen LogP contribution in [-0.2, 0) is 23.8 Å². The van der Waals surface area contributed by atoms with Crippen molar-refractivity contribution in [2.75, 3.05) is 25.0 Å². The minimum Gasteiger partial charge on any atom is -0.361 e. The van der Waals surface area contributed by atoms with Crippen molar-refractivity contribution >= 4 is 28.5 Å². The first-order valence-corrected chi connectivity index (χ1v) is 13.3. The maximum Gasteiger partial charge on any atom is 0.416 e. The van der Waals surface area contributed by atoms with E-state index < -0.39 is 23.2 Å². The molecule has 1 aliphatic heterocycles. The summed E-state index contributed by atoms with van der Waals surface area (Å²) < 4.78 is 38.7. The summed E-state index contributed by atoms with van der Waals surface area (Å²) in [4.78, 5) is 31.8. The molecule has 0 aliphatic carbocycles. The van der Waals surface area contributed by atoms with Gasteiger partial charge in [0.2, 0.25) is 5.91 Å². The van der Waals surface area contributed by atoms with Gasteiger partial charge in [0.15, 0.2) is 0 Å². The Morgan fingerprint density at radius 1 is 0.950 bits per heavy atom. The third-order valence-electron chi connectivity index (χ3n) is 7.55. The van der Waals surface area contributed by atoms with E-state index in [4.69, 9.17) is 0 Å². The SMILES string of the molecule is O=C(Nc1ccc(C(F)(F)F)cc1)N1CCCC(Cc2ccccc2)(C(=O)NCCc2c[nH]c3ccccc23)C1. The number of alkyl halides is 3. The fourth-order valence-electron chi connectivity index (χ4n) is 5.48. The molecule has 6 nitrogen and oxygen atoms in total. The van der Waals surface area contributed by atoms with Crippen molar-refractivity contribution in [1.82, 2.24) is 15.2 Å². The second-order valence-electron chi connectivity index (χ2n) is 10.3. The molecule has 0 saturated carbocycles. The highest BCUT2D eigenvalue weighted by molar-refractivity contribution is 5.91. The van der Waals surface area contributed by atoms with Crippen molar-refractivity contribution in [2.45, 2.75) is 31.9 Å². The molecule has 1 saturated heterocycles. The minimum atomic E-state index is -4.45. The molecular weight excluding hydrogens is 517 g/mol. The number of piperidine rings is 1. The van der Waals surface area contributed by atoms with Gasteiger partial charge in [-0.15, -0.1) is 0 Å². The Labute approximate surface area is 230 Å². The van der Waals surface area contributed by atoms with Gasteiger partial charge in [0.1, 0.15) is 0 Å². The van der Waals surface area contributed by atoms with Crippen LogP contribution in [0.2, 0.25) is 0 Å². The average molecular weight is 549 g/mol. The molecule has 1 aromatic heterocycles. The van der Waals surface area contributed by atoms with Gasteiger partial charge in [-0.05, 0) is 67.1 Å². The van der Waals surface area contributed by atoms with Gasteiger partial charge in [-0.1, -0.05) is 48.5 Å². The molecular formula is C31H31F3N4O2. The molecule has 3 N–H and O–H groups in total. The number of anilines is 1. The van der Waals surface area contributed by atoms with Crippen LogP contribution in [0.25, 0.3) is 10.9 Å². The minimum absolute atomic E-state index is 0.108. The molecule has 208 valence electrons. The summed E-state index contributed by atoms with van der Waals surface area (Å²) in [5.74, 6) is -0.108. The molecule has 1 unspecified atom stereocenters. The van der Waals surface area contributed by atoms with E-state index in [2.05, 4.69) is 15.6 Å². The van der Waals surface area contributed by atoms with Crippen LogP contribution in [0.3, 0.4) is 0 Å². The van der Waals surface area contributed by atoms with Crippen molar-refractivity contribution in [3.8, 4) is 0 Å². The highest BCUT2D eigenvalue weighted by Gasteiger charge is 2.43. The quantitative estimate of drug-likeness (QED) is 0.250. The van der Waals surface area contributed by atoms with Crippen LogP contribution >= 0.6 is 0 Å². The number of carbonyl (C=O) groups is 2. The van der Waals surface area contributed by atoms with E-state index >= 15 is 0 Å². The summed E-state index contributed by atoms with van der Waals surface area (Å²) in [6.45, 7) is 1.11. The molecule has 1 atom stereocenters. The number of urea groups is 1. The van der Waals surface area contributed by atoms with E-state index in [9.17, 15) is 22.8 Å². The first kappa shape index (κ1) is 27.3. The van der Waals surface area contributed by atoms with E-state index in [1.54, 1.807) is 4.90 Å². The van der Waals surface area contributed by atoms with Crippen molar-refractivity contribution in [2.24, 2.45) is 5.41 Å². The summed E-state index contributed by atoms with van der Waals surface area (Å²) in [5.41, 5.74) is 1.81. The predicted molar refractivity (Wildman–Crippen MR) is 149 cm³/mol. The number of nitrogens with one attached hydrogen (secondary N) is 3. The van der Waals surface area contributed by atoms with E-state index in [1.165, 1.54) is 12.1 Å². The molecule has 40 heavy (non-hydrogen) atoms. The summed E-state index contributed by atoms with van der Waals surface area (Å²) in [7, 11) is 0. The number of benzene rings is 3. The van der Waals surface area contributed by atoms with E-state index in [1.807, 2.05) is 60.8 Å². The Kier molecular flexibility index (Phi) is 7.82. The molecule has 3 aromatic carbocycles. The van der Waals surface area contributed by atoms with Gasteiger partial charge in [0, 0.05) is 42.4 Å². The van der Waals surface area contributed by atoms with Gasteiger partial charge in [0.25, 0.3) is 0 Å². The lowest BCUT2D eigenvalue weighted by molar-refractivity contribution is -0.137. The Bertz CT molecular complexity index is 1470. The number of fused-ring (bicyclic) bond motifs is 1. The standard InChI is InChI=1S/C31H31F3N4O2/c32-31(33,34)24-11-13-25(14-12-24)37-29(40)38-18-6-16-30(21-38,19-22-7-2-1-3-8-22)28(39)35-17-15-23-20-36-27-10-5-4-9-26(23)27/h1-5,7-14,20,36H,6,15-19,21H2,(H,35,39)(H,37,40). The monoisotopic (exact) mass is 548 g/mol. The van der Waals surface area contributed by atoms with Crippen LogP contribution < -0.4 is 10.6 Å². The highest BCUT2D eigenvalue weighted by atomic mass is 19.4. The first-order chi connectivity index (χ1) is 19.2. The fourth-order valence-corrected chi connectivity index (χ4v) is 5.48. The van der Waals surface area contributed by atoms with Crippen molar-refractivity contribution in [3.05, 3.63) is 102 Å². The van der Waals surface area contributed by atoms with Gasteiger partial charge in [-0.3, -0.25) is 4.79 Å². The van der Waals surface area contributed by atoms with Crippen LogP contribution in [0.15, 0.2) is 85.1 Å². The number of aromatic nitrogens is 1. The third kappa shape index (κ3) is 6.14. The Morgan fingerprint density at radius 3 is 2.42 bits per heavy atom. The Hall–Kier alpha value is -4.27. The molecule has 2 heterocycles. The van der Waals surface area contributed by atoms with Crippen LogP contribution in [0.4, 0.5) is 23.7 Å². The van der Waals surface area contributed by atoms with Gasteiger partial charge in [0.05, 0.1) is 11.0 Å². The number of H-pyrrole nitrogens is 1. The normalized spacial score (nSPS) is 17.5. The summed E-state index contributed by atoms with van der Waals surface area (Å²) in [6, 6.07) is 21.6. The molecule has 0 radical (unpaired) electrons. The van der Waals surface area contributed by atoms with Crippen molar-refractivity contribution < 1.29 is 22.8 Å². The number of amides is 3. The van der Waals surface area contributed by atoms with Gasteiger partial charge >= 0.3 is 12.2 Å². The first-order valence-electron chi connectivity index (χ1n) is 13.3. The maximum absolute atomic E-state index is 13.8. The van der Waals surface area contributed by atoms with Gasteiger partial charge in [-0.2, -0.15) is 13.2 Å². The van der Waals surface area contributed by atoms with Crippen LogP contribution in [0, 0.1) is 5.41 Å². The van der Waals surface area contributed by atoms with Gasteiger partial charge < -0.3 is 20.5 Å². The predicted octanol–water partition coefficient (Wildman–Crippen LogP) is 6.40. The molecule has 4 aromatic rings. The lowest BCUT2D eigenvalue weighted by atomic mass is 9.74. The number of halogens is 3. The van der Waals surface area contributed by atoms with Crippen molar-refractivity contribution in [3.63, 3.8) is 0 Å². The smallest absolute Gasteiger partial charge is 0.361 e. The molecule has 0 bridgehead atoms. The van der Waals surface area contributed by atoms with Crippen LogP contribution in [0.5, 0.6) is 0 Å². The Balaban J connectivity index is 1.29.